The number of halogens is 3. The number of hydrogen-bond acceptors (Lipinski definition) is 8. The molecule has 0 spiro atoms. The van der Waals surface area contributed by atoms with Crippen LogP contribution in [0.5, 0.6) is 0 Å². The Balaban J connectivity index is 1.58. The summed E-state index contributed by atoms with van der Waals surface area (Å²) in [5, 5.41) is 8.27. The zero-order valence-corrected chi connectivity index (χ0v) is 19.8. The number of anilines is 5. The fourth-order valence-corrected chi connectivity index (χ4v) is 4.07. The Hall–Kier alpha value is -3.94. The number of alkyl halides is 3. The molecule has 1 aliphatic heterocycles. The minimum atomic E-state index is -4.73. The quantitative estimate of drug-likeness (QED) is 0.350. The number of carbonyl (C=O) groups excluding carboxylic acids is 1. The first-order valence-electron chi connectivity index (χ1n) is 10.9. The number of nitrogens with one attached hydrogen (secondary N) is 4. The molecule has 1 amide bonds. The van der Waals surface area contributed by atoms with Crippen molar-refractivity contribution in [3.63, 3.8) is 0 Å². The maximum atomic E-state index is 13.6. The molecular weight excluding hydrogens is 499 g/mol. The molecule has 4 rings (SSSR count). The Morgan fingerprint density at radius 3 is 2.67 bits per heavy atom. The van der Waals surface area contributed by atoms with Gasteiger partial charge in [-0.05, 0) is 43.2 Å². The molecule has 0 aliphatic carbocycles. The fourth-order valence-electron chi connectivity index (χ4n) is 3.45. The monoisotopic (exact) mass is 521 g/mol. The number of benzene rings is 1. The number of aryl methyl sites for hydroxylation is 1. The third-order valence-corrected chi connectivity index (χ3v) is 6.59. The van der Waals surface area contributed by atoms with E-state index in [4.69, 9.17) is 0 Å². The number of pyridine rings is 1. The molecule has 4 N–H and O–H groups in total. The van der Waals surface area contributed by atoms with Gasteiger partial charge >= 0.3 is 6.18 Å². The Morgan fingerprint density at radius 1 is 1.11 bits per heavy atom. The SMILES string of the molecule is CCS(=O)(=O)Nc1ncccc1CNc1nc(Nc2ccc3c(c2)CCC(=O)N3)ncc1C(F)(F)F. The van der Waals surface area contributed by atoms with Crippen molar-refractivity contribution in [3.8, 4) is 0 Å². The number of aromatic nitrogens is 3. The summed E-state index contributed by atoms with van der Waals surface area (Å²) >= 11 is 0. The van der Waals surface area contributed by atoms with Crippen LogP contribution in [0.4, 0.5) is 42.1 Å². The first-order chi connectivity index (χ1) is 17.0. The van der Waals surface area contributed by atoms with Crippen LogP contribution in [-0.2, 0) is 34.0 Å². The Labute approximate surface area is 204 Å². The normalized spacial score (nSPS) is 13.5. The second-order valence-corrected chi connectivity index (χ2v) is 9.88. The summed E-state index contributed by atoms with van der Waals surface area (Å²) in [7, 11) is -3.64. The van der Waals surface area contributed by atoms with Crippen LogP contribution in [0, 0.1) is 0 Å². The van der Waals surface area contributed by atoms with Crippen LogP contribution < -0.4 is 20.7 Å². The highest BCUT2D eigenvalue weighted by Gasteiger charge is 2.35. The summed E-state index contributed by atoms with van der Waals surface area (Å²) in [6.07, 6.45) is -1.82. The van der Waals surface area contributed by atoms with Crippen molar-refractivity contribution >= 4 is 44.9 Å². The van der Waals surface area contributed by atoms with Gasteiger partial charge in [0.1, 0.15) is 17.2 Å². The van der Waals surface area contributed by atoms with Crippen molar-refractivity contribution in [1.82, 2.24) is 15.0 Å². The van der Waals surface area contributed by atoms with Gasteiger partial charge < -0.3 is 16.0 Å². The summed E-state index contributed by atoms with van der Waals surface area (Å²) in [5.41, 5.74) is 1.34. The molecular formula is C22H22F3N7O3S. The van der Waals surface area contributed by atoms with Crippen molar-refractivity contribution < 1.29 is 26.4 Å². The number of fused-ring (bicyclic) bond motifs is 1. The molecule has 3 aromatic rings. The van der Waals surface area contributed by atoms with Crippen LogP contribution in [0.3, 0.4) is 0 Å². The zero-order valence-electron chi connectivity index (χ0n) is 19.0. The molecule has 0 unspecified atom stereocenters. The Bertz CT molecular complexity index is 1400. The van der Waals surface area contributed by atoms with Gasteiger partial charge in [0.25, 0.3) is 0 Å². The Morgan fingerprint density at radius 2 is 1.92 bits per heavy atom. The third-order valence-electron chi connectivity index (χ3n) is 5.32. The molecule has 0 saturated heterocycles. The lowest BCUT2D eigenvalue weighted by Gasteiger charge is -2.18. The predicted molar refractivity (Wildman–Crippen MR) is 128 cm³/mol. The highest BCUT2D eigenvalue weighted by atomic mass is 32.2. The average Bonchev–Trinajstić information content (AvgIpc) is 2.83. The summed E-state index contributed by atoms with van der Waals surface area (Å²) in [6.45, 7) is 1.26. The number of rotatable bonds is 8. The van der Waals surface area contributed by atoms with E-state index in [0.717, 1.165) is 5.56 Å². The number of nitrogens with zero attached hydrogens (tertiary/aromatic N) is 3. The first-order valence-corrected chi connectivity index (χ1v) is 12.5. The summed E-state index contributed by atoms with van der Waals surface area (Å²) in [4.78, 5) is 23.3. The van der Waals surface area contributed by atoms with E-state index in [1.165, 1.54) is 25.3 Å². The standard InChI is InChI=1S/C22H22F3N7O3S/c1-2-36(34,35)32-19-14(4-3-9-26-19)11-27-20-16(22(23,24)25)12-28-21(31-20)29-15-6-7-17-13(10-15)5-8-18(33)30-17/h3-4,6-7,9-10,12H,2,5,8,11H2,1H3,(H,26,32)(H,30,33)(H2,27,28,29,31). The van der Waals surface area contributed by atoms with Gasteiger partial charge in [-0.2, -0.15) is 18.2 Å². The van der Waals surface area contributed by atoms with Gasteiger partial charge in [0.05, 0.1) is 5.75 Å². The smallest absolute Gasteiger partial charge is 0.365 e. The van der Waals surface area contributed by atoms with E-state index >= 15 is 0 Å². The van der Waals surface area contributed by atoms with Crippen LogP contribution in [0.25, 0.3) is 0 Å². The summed E-state index contributed by atoms with van der Waals surface area (Å²) < 4.78 is 67.1. The van der Waals surface area contributed by atoms with Gasteiger partial charge in [0.2, 0.25) is 21.9 Å². The molecule has 0 atom stereocenters. The van der Waals surface area contributed by atoms with E-state index in [0.29, 0.717) is 36.0 Å². The molecule has 0 radical (unpaired) electrons. The molecule has 0 fully saturated rings. The fraction of sp³-hybridized carbons (Fsp3) is 0.273. The number of sulfonamides is 1. The lowest BCUT2D eigenvalue weighted by molar-refractivity contribution is -0.137. The molecule has 1 aromatic carbocycles. The molecule has 0 saturated carbocycles. The van der Waals surface area contributed by atoms with Crippen LogP contribution in [0.15, 0.2) is 42.7 Å². The van der Waals surface area contributed by atoms with Crippen LogP contribution in [0.1, 0.15) is 30.0 Å². The van der Waals surface area contributed by atoms with Gasteiger partial charge in [0, 0.05) is 42.3 Å². The van der Waals surface area contributed by atoms with Crippen molar-refractivity contribution in [3.05, 3.63) is 59.4 Å². The molecule has 1 aliphatic rings. The van der Waals surface area contributed by atoms with E-state index in [2.05, 4.69) is 35.6 Å². The average molecular weight is 522 g/mol. The number of hydrogen-bond donors (Lipinski definition) is 4. The first kappa shape index (κ1) is 25.2. The predicted octanol–water partition coefficient (Wildman–Crippen LogP) is 3.89. The molecule has 36 heavy (non-hydrogen) atoms. The maximum Gasteiger partial charge on any atom is 0.421 e. The third kappa shape index (κ3) is 6.00. The topological polar surface area (TPSA) is 138 Å². The summed E-state index contributed by atoms with van der Waals surface area (Å²) in [5.74, 6) is -0.829. The summed E-state index contributed by atoms with van der Waals surface area (Å²) in [6, 6.07) is 8.19. The van der Waals surface area contributed by atoms with Crippen LogP contribution in [0.2, 0.25) is 0 Å². The van der Waals surface area contributed by atoms with E-state index in [-0.39, 0.29) is 30.0 Å². The molecule has 3 heterocycles. The van der Waals surface area contributed by atoms with Crippen LogP contribution in [-0.4, -0.2) is 35.0 Å². The highest BCUT2D eigenvalue weighted by Crippen LogP contribution is 2.35. The van der Waals surface area contributed by atoms with E-state index < -0.39 is 27.6 Å². The van der Waals surface area contributed by atoms with Crippen molar-refractivity contribution in [2.24, 2.45) is 0 Å². The van der Waals surface area contributed by atoms with Crippen molar-refractivity contribution in [2.75, 3.05) is 26.4 Å². The van der Waals surface area contributed by atoms with Crippen molar-refractivity contribution in [1.29, 1.82) is 0 Å². The molecule has 14 heteroatoms. The second-order valence-electron chi connectivity index (χ2n) is 7.87. The minimum Gasteiger partial charge on any atom is -0.365 e. The molecule has 190 valence electrons. The lowest BCUT2D eigenvalue weighted by atomic mass is 10.0. The highest BCUT2D eigenvalue weighted by molar-refractivity contribution is 7.92. The van der Waals surface area contributed by atoms with E-state index in [1.807, 2.05) is 0 Å². The number of amides is 1. The molecule has 0 bridgehead atoms. The van der Waals surface area contributed by atoms with E-state index in [9.17, 15) is 26.4 Å². The van der Waals surface area contributed by atoms with Gasteiger partial charge in [-0.1, -0.05) is 6.07 Å². The second kappa shape index (κ2) is 9.97. The van der Waals surface area contributed by atoms with Gasteiger partial charge in [-0.15, -0.1) is 0 Å². The molecule has 10 nitrogen and oxygen atoms in total. The largest absolute Gasteiger partial charge is 0.421 e. The van der Waals surface area contributed by atoms with E-state index in [1.54, 1.807) is 18.2 Å². The van der Waals surface area contributed by atoms with Gasteiger partial charge in [-0.3, -0.25) is 9.52 Å². The zero-order chi connectivity index (χ0) is 25.9. The Kier molecular flexibility index (Phi) is 6.97. The van der Waals surface area contributed by atoms with Gasteiger partial charge in [0.15, 0.2) is 0 Å². The number of carbonyl (C=O) groups is 1. The molecule has 2 aromatic heterocycles. The van der Waals surface area contributed by atoms with Crippen molar-refractivity contribution in [2.45, 2.75) is 32.5 Å². The van der Waals surface area contributed by atoms with Crippen LogP contribution >= 0.6 is 0 Å². The maximum absolute atomic E-state index is 13.6. The minimum absolute atomic E-state index is 0.00830. The van der Waals surface area contributed by atoms with Gasteiger partial charge in [-0.25, -0.2) is 18.4 Å². The lowest BCUT2D eigenvalue weighted by Crippen LogP contribution is -2.19.